The Labute approximate surface area is 424 Å². The Hall–Kier alpha value is -1.85. The third-order valence-corrected chi connectivity index (χ3v) is 14.0. The molecule has 68 heavy (non-hydrogen) atoms. The second-order valence-electron chi connectivity index (χ2n) is 21.0. The van der Waals surface area contributed by atoms with E-state index in [0.717, 1.165) is 64.2 Å². The molecule has 0 radical (unpaired) electrons. The van der Waals surface area contributed by atoms with Crippen LogP contribution in [0.1, 0.15) is 348 Å². The number of ether oxygens (including phenoxy) is 3. The summed E-state index contributed by atoms with van der Waals surface area (Å²) in [7, 11) is 0. The number of carbonyl (C=O) groups is 3. The van der Waals surface area contributed by atoms with Gasteiger partial charge in [0.2, 0.25) is 0 Å². The molecule has 0 rings (SSSR count). The summed E-state index contributed by atoms with van der Waals surface area (Å²) in [6.45, 7) is 6.68. The summed E-state index contributed by atoms with van der Waals surface area (Å²) in [6, 6.07) is 0. The monoisotopic (exact) mass is 959 g/mol. The number of carbonyl (C=O) groups excluding carboxylic acids is 3. The maximum Gasteiger partial charge on any atom is 0.306 e. The van der Waals surface area contributed by atoms with Gasteiger partial charge in [-0.15, -0.1) is 0 Å². The lowest BCUT2D eigenvalue weighted by molar-refractivity contribution is -0.167. The average molecular weight is 960 g/mol. The lowest BCUT2D eigenvalue weighted by Gasteiger charge is -2.18. The van der Waals surface area contributed by atoms with Crippen molar-refractivity contribution >= 4 is 17.9 Å². The zero-order valence-corrected chi connectivity index (χ0v) is 46.2. The van der Waals surface area contributed by atoms with Crippen LogP contribution in [0, 0.1) is 0 Å². The summed E-state index contributed by atoms with van der Waals surface area (Å²) in [5.41, 5.74) is 0. The maximum absolute atomic E-state index is 12.8. The van der Waals surface area contributed by atoms with Crippen LogP contribution in [0.15, 0.2) is 12.2 Å². The van der Waals surface area contributed by atoms with Gasteiger partial charge in [0.1, 0.15) is 13.2 Å². The summed E-state index contributed by atoms with van der Waals surface area (Å²) in [5.74, 6) is -0.851. The Morgan fingerprint density at radius 3 is 0.735 bits per heavy atom. The number of rotatable bonds is 57. The highest BCUT2D eigenvalue weighted by molar-refractivity contribution is 5.71. The second kappa shape index (κ2) is 57.7. The first-order chi connectivity index (χ1) is 33.5. The molecule has 1 atom stereocenters. The molecular formula is C62H118O6. The SMILES string of the molecule is CCCCCCC/C=C\CCCCCCCC(=O)OC(COC(=O)CCCCCCCCCCCCCC)COC(=O)CCCCCCCCCCCCCCCCCCCCCCCCCC. The minimum Gasteiger partial charge on any atom is -0.462 e. The summed E-state index contributed by atoms with van der Waals surface area (Å²) in [5, 5.41) is 0. The smallest absolute Gasteiger partial charge is 0.306 e. The predicted octanol–water partition coefficient (Wildman–Crippen LogP) is 20.5. The molecule has 0 fully saturated rings. The van der Waals surface area contributed by atoms with Crippen molar-refractivity contribution in [3.05, 3.63) is 12.2 Å². The van der Waals surface area contributed by atoms with Crippen molar-refractivity contribution in [3.8, 4) is 0 Å². The van der Waals surface area contributed by atoms with E-state index in [-0.39, 0.29) is 31.1 Å². The topological polar surface area (TPSA) is 78.9 Å². The lowest BCUT2D eigenvalue weighted by Crippen LogP contribution is -2.30. The third-order valence-electron chi connectivity index (χ3n) is 14.0. The van der Waals surface area contributed by atoms with Gasteiger partial charge in [0.15, 0.2) is 6.10 Å². The Morgan fingerprint density at radius 2 is 0.485 bits per heavy atom. The minimum absolute atomic E-state index is 0.0673. The highest BCUT2D eigenvalue weighted by Gasteiger charge is 2.19. The molecule has 0 aliphatic carbocycles. The molecule has 0 aromatic rings. The van der Waals surface area contributed by atoms with E-state index < -0.39 is 6.10 Å². The van der Waals surface area contributed by atoms with Crippen LogP contribution in [0.25, 0.3) is 0 Å². The van der Waals surface area contributed by atoms with Gasteiger partial charge in [-0.3, -0.25) is 14.4 Å². The van der Waals surface area contributed by atoms with E-state index in [2.05, 4.69) is 32.9 Å². The molecular weight excluding hydrogens is 841 g/mol. The second-order valence-corrected chi connectivity index (χ2v) is 21.0. The fourth-order valence-electron chi connectivity index (χ4n) is 9.38. The number of hydrogen-bond donors (Lipinski definition) is 0. The molecule has 0 saturated heterocycles. The fourth-order valence-corrected chi connectivity index (χ4v) is 9.38. The van der Waals surface area contributed by atoms with E-state index in [1.807, 2.05) is 0 Å². The third kappa shape index (κ3) is 55.1. The van der Waals surface area contributed by atoms with E-state index in [4.69, 9.17) is 14.2 Å². The van der Waals surface area contributed by atoms with Crippen molar-refractivity contribution in [3.63, 3.8) is 0 Å². The first kappa shape index (κ1) is 66.2. The van der Waals surface area contributed by atoms with Crippen molar-refractivity contribution < 1.29 is 28.6 Å². The van der Waals surface area contributed by atoms with Crippen LogP contribution < -0.4 is 0 Å². The minimum atomic E-state index is -0.769. The molecule has 0 spiro atoms. The zero-order valence-electron chi connectivity index (χ0n) is 46.2. The van der Waals surface area contributed by atoms with Crippen molar-refractivity contribution in [2.45, 2.75) is 354 Å². The molecule has 0 aromatic carbocycles. The molecule has 0 N–H and O–H groups in total. The molecule has 6 nitrogen and oxygen atoms in total. The first-order valence-corrected chi connectivity index (χ1v) is 30.7. The summed E-state index contributed by atoms with van der Waals surface area (Å²) in [4.78, 5) is 38.1. The first-order valence-electron chi connectivity index (χ1n) is 30.7. The molecule has 0 aromatic heterocycles. The maximum atomic E-state index is 12.8. The van der Waals surface area contributed by atoms with Crippen molar-refractivity contribution in [1.29, 1.82) is 0 Å². The van der Waals surface area contributed by atoms with Gasteiger partial charge in [-0.2, -0.15) is 0 Å². The predicted molar refractivity (Wildman–Crippen MR) is 293 cm³/mol. The molecule has 0 amide bonds. The highest BCUT2D eigenvalue weighted by atomic mass is 16.6. The Morgan fingerprint density at radius 1 is 0.279 bits per heavy atom. The van der Waals surface area contributed by atoms with Gasteiger partial charge in [-0.25, -0.2) is 0 Å². The van der Waals surface area contributed by atoms with Crippen LogP contribution in [0.3, 0.4) is 0 Å². The van der Waals surface area contributed by atoms with E-state index in [1.54, 1.807) is 0 Å². The molecule has 0 heterocycles. The van der Waals surface area contributed by atoms with Gasteiger partial charge in [-0.1, -0.05) is 296 Å². The quantitative estimate of drug-likeness (QED) is 0.0262. The summed E-state index contributed by atoms with van der Waals surface area (Å²) < 4.78 is 16.9. The largest absolute Gasteiger partial charge is 0.462 e. The van der Waals surface area contributed by atoms with E-state index >= 15 is 0 Å². The average Bonchev–Trinajstić information content (AvgIpc) is 3.34. The van der Waals surface area contributed by atoms with Crippen LogP contribution >= 0.6 is 0 Å². The van der Waals surface area contributed by atoms with E-state index in [9.17, 15) is 14.4 Å². The van der Waals surface area contributed by atoms with Gasteiger partial charge < -0.3 is 14.2 Å². The van der Waals surface area contributed by atoms with Crippen molar-refractivity contribution in [2.75, 3.05) is 13.2 Å². The van der Waals surface area contributed by atoms with Crippen LogP contribution in [0.5, 0.6) is 0 Å². The number of allylic oxidation sites excluding steroid dienone is 2. The Kier molecular flexibility index (Phi) is 56.2. The fraction of sp³-hybridized carbons (Fsp3) is 0.919. The van der Waals surface area contributed by atoms with Crippen molar-refractivity contribution in [2.24, 2.45) is 0 Å². The molecule has 0 aliphatic rings. The van der Waals surface area contributed by atoms with Crippen molar-refractivity contribution in [1.82, 2.24) is 0 Å². The van der Waals surface area contributed by atoms with Gasteiger partial charge in [0.05, 0.1) is 0 Å². The molecule has 0 aliphatic heterocycles. The number of esters is 3. The van der Waals surface area contributed by atoms with Gasteiger partial charge in [0.25, 0.3) is 0 Å². The standard InChI is InChI=1S/C62H118O6/c1-4-7-10-13-16-19-22-25-27-28-29-30-31-32-33-34-35-36-38-40-43-46-49-52-55-61(64)67-58-59(57-66-60(63)54-51-48-45-42-39-24-21-18-15-12-9-6-3)68-62(65)56-53-50-47-44-41-37-26-23-20-17-14-11-8-5-2/h23,26,59H,4-22,24-25,27-58H2,1-3H3/b26-23-. The summed E-state index contributed by atoms with van der Waals surface area (Å²) >= 11 is 0. The lowest BCUT2D eigenvalue weighted by atomic mass is 10.0. The highest BCUT2D eigenvalue weighted by Crippen LogP contribution is 2.18. The van der Waals surface area contributed by atoms with Crippen LogP contribution in [-0.2, 0) is 28.6 Å². The van der Waals surface area contributed by atoms with Gasteiger partial charge in [-0.05, 0) is 44.9 Å². The van der Waals surface area contributed by atoms with Crippen LogP contribution in [0.2, 0.25) is 0 Å². The van der Waals surface area contributed by atoms with Crippen LogP contribution in [0.4, 0.5) is 0 Å². The molecule has 0 saturated carbocycles. The number of hydrogen-bond acceptors (Lipinski definition) is 6. The molecule has 0 bridgehead atoms. The van der Waals surface area contributed by atoms with Crippen LogP contribution in [-0.4, -0.2) is 37.2 Å². The number of unbranched alkanes of at least 4 members (excludes halogenated alkanes) is 44. The van der Waals surface area contributed by atoms with E-state index in [1.165, 1.54) is 244 Å². The molecule has 6 heteroatoms. The Balaban J connectivity index is 4.19. The molecule has 1 unspecified atom stereocenters. The molecule has 402 valence electrons. The summed E-state index contributed by atoms with van der Waals surface area (Å²) in [6.07, 6.45) is 66.5. The van der Waals surface area contributed by atoms with Gasteiger partial charge in [0, 0.05) is 19.3 Å². The van der Waals surface area contributed by atoms with Gasteiger partial charge >= 0.3 is 17.9 Å². The Bertz CT molecular complexity index is 1060. The zero-order chi connectivity index (χ0) is 49.3. The van der Waals surface area contributed by atoms with E-state index in [0.29, 0.717) is 19.3 Å². The normalized spacial score (nSPS) is 12.0.